The van der Waals surface area contributed by atoms with Crippen molar-refractivity contribution in [3.05, 3.63) is 12.2 Å². The SMILES string of the molecule is C=C(CCCC)CCCCCCCO. The molecular formula is C13H26O. The Balaban J connectivity index is 3.07. The zero-order valence-electron chi connectivity index (χ0n) is 9.73. The Morgan fingerprint density at radius 2 is 1.50 bits per heavy atom. The second-order valence-corrected chi connectivity index (χ2v) is 4.09. The molecule has 0 saturated heterocycles. The van der Waals surface area contributed by atoms with Crippen molar-refractivity contribution in [2.24, 2.45) is 0 Å². The molecule has 0 unspecified atom stereocenters. The van der Waals surface area contributed by atoms with Crippen molar-refractivity contribution in [1.82, 2.24) is 0 Å². The number of allylic oxidation sites excluding steroid dienone is 1. The van der Waals surface area contributed by atoms with Crippen LogP contribution in [0.4, 0.5) is 0 Å². The molecule has 1 heteroatoms. The summed E-state index contributed by atoms with van der Waals surface area (Å²) in [4.78, 5) is 0. The molecule has 0 fully saturated rings. The second kappa shape index (κ2) is 10.8. The van der Waals surface area contributed by atoms with Crippen LogP contribution in [-0.2, 0) is 0 Å². The van der Waals surface area contributed by atoms with Crippen molar-refractivity contribution < 1.29 is 5.11 Å². The normalized spacial score (nSPS) is 10.4. The van der Waals surface area contributed by atoms with Crippen LogP contribution in [-0.4, -0.2) is 11.7 Å². The highest BCUT2D eigenvalue weighted by Crippen LogP contribution is 2.14. The number of hydrogen-bond donors (Lipinski definition) is 1. The predicted octanol–water partition coefficient (Wildman–Crippen LogP) is 4.07. The lowest BCUT2D eigenvalue weighted by molar-refractivity contribution is 0.282. The molecule has 0 radical (unpaired) electrons. The first-order valence-electron chi connectivity index (χ1n) is 6.08. The van der Waals surface area contributed by atoms with Crippen LogP contribution in [0.15, 0.2) is 12.2 Å². The maximum Gasteiger partial charge on any atom is 0.0431 e. The minimum Gasteiger partial charge on any atom is -0.396 e. The number of hydrogen-bond acceptors (Lipinski definition) is 1. The zero-order chi connectivity index (χ0) is 10.6. The third-order valence-corrected chi connectivity index (χ3v) is 2.57. The van der Waals surface area contributed by atoms with Crippen molar-refractivity contribution in [3.63, 3.8) is 0 Å². The average molecular weight is 198 g/mol. The summed E-state index contributed by atoms with van der Waals surface area (Å²) in [6, 6.07) is 0. The van der Waals surface area contributed by atoms with E-state index in [1.165, 1.54) is 56.9 Å². The van der Waals surface area contributed by atoms with Crippen molar-refractivity contribution >= 4 is 0 Å². The first kappa shape index (κ1) is 13.7. The van der Waals surface area contributed by atoms with Gasteiger partial charge in [-0.2, -0.15) is 0 Å². The standard InChI is InChI=1S/C13H26O/c1-3-4-10-13(2)11-8-6-5-7-9-12-14/h14H,2-12H2,1H3. The summed E-state index contributed by atoms with van der Waals surface area (Å²) in [7, 11) is 0. The van der Waals surface area contributed by atoms with Crippen LogP contribution in [0.2, 0.25) is 0 Å². The number of aliphatic hydroxyl groups is 1. The fraction of sp³-hybridized carbons (Fsp3) is 0.846. The van der Waals surface area contributed by atoms with E-state index in [2.05, 4.69) is 13.5 Å². The van der Waals surface area contributed by atoms with Crippen molar-refractivity contribution in [1.29, 1.82) is 0 Å². The van der Waals surface area contributed by atoms with Crippen LogP contribution in [0.25, 0.3) is 0 Å². The van der Waals surface area contributed by atoms with E-state index in [4.69, 9.17) is 5.11 Å². The molecule has 0 aliphatic carbocycles. The summed E-state index contributed by atoms with van der Waals surface area (Å²) in [5.41, 5.74) is 1.43. The molecule has 0 saturated carbocycles. The lowest BCUT2D eigenvalue weighted by Gasteiger charge is -2.04. The second-order valence-electron chi connectivity index (χ2n) is 4.09. The van der Waals surface area contributed by atoms with Crippen molar-refractivity contribution in [2.75, 3.05) is 6.61 Å². The highest BCUT2D eigenvalue weighted by molar-refractivity contribution is 4.93. The Labute approximate surface area is 89.2 Å². The molecule has 0 bridgehead atoms. The van der Waals surface area contributed by atoms with Gasteiger partial charge in [-0.25, -0.2) is 0 Å². The van der Waals surface area contributed by atoms with Gasteiger partial charge in [0.05, 0.1) is 0 Å². The molecule has 0 atom stereocenters. The number of aliphatic hydroxyl groups excluding tert-OH is 1. The Bertz CT molecular complexity index is 129. The highest BCUT2D eigenvalue weighted by Gasteiger charge is 1.95. The van der Waals surface area contributed by atoms with Crippen LogP contribution < -0.4 is 0 Å². The molecule has 0 rings (SSSR count). The largest absolute Gasteiger partial charge is 0.396 e. The molecule has 0 aliphatic heterocycles. The average Bonchev–Trinajstić information content (AvgIpc) is 2.20. The van der Waals surface area contributed by atoms with E-state index in [0.717, 1.165) is 6.42 Å². The van der Waals surface area contributed by atoms with Gasteiger partial charge in [-0.15, -0.1) is 0 Å². The fourth-order valence-electron chi connectivity index (χ4n) is 1.57. The van der Waals surface area contributed by atoms with Crippen molar-refractivity contribution in [3.8, 4) is 0 Å². The monoisotopic (exact) mass is 198 g/mol. The van der Waals surface area contributed by atoms with E-state index < -0.39 is 0 Å². The van der Waals surface area contributed by atoms with Gasteiger partial charge in [-0.05, 0) is 32.1 Å². The van der Waals surface area contributed by atoms with Crippen LogP contribution in [0.3, 0.4) is 0 Å². The lowest BCUT2D eigenvalue weighted by Crippen LogP contribution is -1.86. The third kappa shape index (κ3) is 9.79. The van der Waals surface area contributed by atoms with Crippen molar-refractivity contribution in [2.45, 2.75) is 64.7 Å². The molecule has 0 heterocycles. The molecule has 1 nitrogen and oxygen atoms in total. The summed E-state index contributed by atoms with van der Waals surface area (Å²) in [6.45, 7) is 6.66. The maximum atomic E-state index is 8.59. The Morgan fingerprint density at radius 1 is 0.929 bits per heavy atom. The van der Waals surface area contributed by atoms with E-state index in [-0.39, 0.29) is 0 Å². The minimum atomic E-state index is 0.350. The summed E-state index contributed by atoms with van der Waals surface area (Å²) < 4.78 is 0. The molecule has 0 aromatic rings. The van der Waals surface area contributed by atoms with Gasteiger partial charge in [-0.1, -0.05) is 44.8 Å². The fourth-order valence-corrected chi connectivity index (χ4v) is 1.57. The molecule has 84 valence electrons. The minimum absolute atomic E-state index is 0.350. The Morgan fingerprint density at radius 3 is 2.14 bits per heavy atom. The topological polar surface area (TPSA) is 20.2 Å². The molecule has 1 N–H and O–H groups in total. The van der Waals surface area contributed by atoms with Crippen LogP contribution in [0, 0.1) is 0 Å². The smallest absolute Gasteiger partial charge is 0.0431 e. The van der Waals surface area contributed by atoms with Gasteiger partial charge in [-0.3, -0.25) is 0 Å². The van der Waals surface area contributed by atoms with E-state index in [9.17, 15) is 0 Å². The molecule has 0 aliphatic rings. The van der Waals surface area contributed by atoms with Crippen LogP contribution in [0.5, 0.6) is 0 Å². The Hall–Kier alpha value is -0.300. The van der Waals surface area contributed by atoms with Crippen LogP contribution in [0.1, 0.15) is 64.7 Å². The van der Waals surface area contributed by atoms with Gasteiger partial charge in [0.2, 0.25) is 0 Å². The summed E-state index contributed by atoms with van der Waals surface area (Å²) in [5.74, 6) is 0. The zero-order valence-corrected chi connectivity index (χ0v) is 9.73. The molecule has 0 amide bonds. The maximum absolute atomic E-state index is 8.59. The van der Waals surface area contributed by atoms with Gasteiger partial charge < -0.3 is 5.11 Å². The third-order valence-electron chi connectivity index (χ3n) is 2.57. The van der Waals surface area contributed by atoms with Gasteiger partial charge in [0.25, 0.3) is 0 Å². The molecule has 0 aromatic carbocycles. The van der Waals surface area contributed by atoms with Gasteiger partial charge in [0.15, 0.2) is 0 Å². The van der Waals surface area contributed by atoms with E-state index in [0.29, 0.717) is 6.61 Å². The van der Waals surface area contributed by atoms with E-state index in [1.54, 1.807) is 0 Å². The first-order valence-corrected chi connectivity index (χ1v) is 6.08. The summed E-state index contributed by atoms with van der Waals surface area (Å²) in [6.07, 6.45) is 11.0. The quantitative estimate of drug-likeness (QED) is 0.414. The van der Waals surface area contributed by atoms with Gasteiger partial charge in [0, 0.05) is 6.61 Å². The lowest BCUT2D eigenvalue weighted by atomic mass is 10.0. The number of rotatable bonds is 10. The van der Waals surface area contributed by atoms with Gasteiger partial charge >= 0.3 is 0 Å². The first-order chi connectivity index (χ1) is 6.81. The molecule has 14 heavy (non-hydrogen) atoms. The summed E-state index contributed by atoms with van der Waals surface area (Å²) in [5, 5.41) is 8.59. The molecule has 0 spiro atoms. The number of unbranched alkanes of at least 4 members (excludes halogenated alkanes) is 5. The molecule has 0 aromatic heterocycles. The van der Waals surface area contributed by atoms with Crippen LogP contribution >= 0.6 is 0 Å². The highest BCUT2D eigenvalue weighted by atomic mass is 16.2. The predicted molar refractivity (Wildman–Crippen MR) is 63.5 cm³/mol. The molecular weight excluding hydrogens is 172 g/mol. The van der Waals surface area contributed by atoms with E-state index in [1.807, 2.05) is 0 Å². The van der Waals surface area contributed by atoms with Gasteiger partial charge in [0.1, 0.15) is 0 Å². The summed E-state index contributed by atoms with van der Waals surface area (Å²) >= 11 is 0. The Kier molecular flexibility index (Phi) is 10.5. The van der Waals surface area contributed by atoms with E-state index >= 15 is 0 Å².